The number of carbonyl (C=O) groups is 1. The Hall–Kier alpha value is -2.70. The maximum atomic E-state index is 12.6. The third-order valence-corrected chi connectivity index (χ3v) is 4.26. The zero-order valence-electron chi connectivity index (χ0n) is 13.9. The molecule has 0 bridgehead atoms. The minimum atomic E-state index is -0.127. The Morgan fingerprint density at radius 2 is 2.24 bits per heavy atom. The first-order chi connectivity index (χ1) is 12.3. The third kappa shape index (κ3) is 3.01. The number of hydrogen-bond acceptors (Lipinski definition) is 6. The monoisotopic (exact) mass is 338 g/mol. The van der Waals surface area contributed by atoms with E-state index in [2.05, 4.69) is 9.88 Å². The number of hydrogen-bond donors (Lipinski definition) is 0. The lowest BCUT2D eigenvalue weighted by atomic mass is 10.0. The van der Waals surface area contributed by atoms with Gasteiger partial charge in [0.1, 0.15) is 18.2 Å². The minimum Gasteiger partial charge on any atom is -0.478 e. The summed E-state index contributed by atoms with van der Waals surface area (Å²) in [5.74, 6) is 1.51. The molecule has 4 rings (SSSR count). The van der Waals surface area contributed by atoms with Crippen molar-refractivity contribution < 1.29 is 19.0 Å². The molecule has 0 N–H and O–H groups in total. The Kier molecular flexibility index (Phi) is 4.21. The molecule has 0 atom stereocenters. The lowest BCUT2D eigenvalue weighted by molar-refractivity contribution is 0.0646. The average molecular weight is 338 g/mol. The van der Waals surface area contributed by atoms with E-state index >= 15 is 0 Å². The summed E-state index contributed by atoms with van der Waals surface area (Å²) in [6.45, 7) is 2.54. The Labute approximate surface area is 145 Å². The van der Waals surface area contributed by atoms with Crippen molar-refractivity contribution in [2.24, 2.45) is 0 Å². The fourth-order valence-corrected chi connectivity index (χ4v) is 2.96. The van der Waals surface area contributed by atoms with E-state index in [1.807, 2.05) is 24.3 Å². The maximum absolute atomic E-state index is 12.6. The molecule has 6 heteroatoms. The van der Waals surface area contributed by atoms with Gasteiger partial charge >= 0.3 is 0 Å². The molecule has 0 fully saturated rings. The number of aromatic nitrogens is 1. The molecule has 0 saturated carbocycles. The Morgan fingerprint density at radius 3 is 3.04 bits per heavy atom. The summed E-state index contributed by atoms with van der Waals surface area (Å²) in [6, 6.07) is 9.14. The van der Waals surface area contributed by atoms with Gasteiger partial charge in [0.25, 0.3) is 0 Å². The van der Waals surface area contributed by atoms with Gasteiger partial charge in [-0.15, -0.1) is 0 Å². The van der Waals surface area contributed by atoms with Crippen molar-refractivity contribution in [3.05, 3.63) is 59.1 Å². The van der Waals surface area contributed by atoms with Crippen LogP contribution in [0.1, 0.15) is 21.6 Å². The van der Waals surface area contributed by atoms with Gasteiger partial charge in [-0.25, -0.2) is 0 Å². The van der Waals surface area contributed by atoms with E-state index < -0.39 is 0 Å². The number of methoxy groups -OCH3 is 1. The molecule has 2 aliphatic heterocycles. The molecular weight excluding hydrogens is 320 g/mol. The van der Waals surface area contributed by atoms with Gasteiger partial charge in [-0.2, -0.15) is 0 Å². The van der Waals surface area contributed by atoms with Crippen LogP contribution in [0.15, 0.2) is 42.3 Å². The summed E-state index contributed by atoms with van der Waals surface area (Å²) in [5, 5.41) is 0. The highest BCUT2D eigenvalue weighted by Crippen LogP contribution is 2.41. The summed E-state index contributed by atoms with van der Waals surface area (Å²) in [6.07, 6.45) is 3.35. The highest BCUT2D eigenvalue weighted by Gasteiger charge is 2.33. The summed E-state index contributed by atoms with van der Waals surface area (Å²) in [4.78, 5) is 19.0. The largest absolute Gasteiger partial charge is 0.478 e. The van der Waals surface area contributed by atoms with Crippen LogP contribution in [0.2, 0.25) is 0 Å². The molecule has 1 aromatic heterocycles. The van der Waals surface area contributed by atoms with Crippen molar-refractivity contribution in [1.82, 2.24) is 9.88 Å². The van der Waals surface area contributed by atoms with Crippen molar-refractivity contribution in [1.29, 1.82) is 0 Å². The van der Waals surface area contributed by atoms with Crippen molar-refractivity contribution in [2.75, 3.05) is 27.0 Å². The fraction of sp³-hybridized carbons (Fsp3) is 0.263. The van der Waals surface area contributed by atoms with Crippen LogP contribution in [0, 0.1) is 0 Å². The van der Waals surface area contributed by atoms with Crippen LogP contribution in [0.4, 0.5) is 0 Å². The number of ketones is 1. The van der Waals surface area contributed by atoms with E-state index in [0.29, 0.717) is 36.9 Å². The van der Waals surface area contributed by atoms with Crippen molar-refractivity contribution >= 4 is 11.9 Å². The number of Topliss-reactive ketones (excluding diaryl/α,β-unsaturated/α-hetero) is 1. The van der Waals surface area contributed by atoms with Gasteiger partial charge < -0.3 is 14.2 Å². The smallest absolute Gasteiger partial charge is 0.232 e. The molecule has 25 heavy (non-hydrogen) atoms. The van der Waals surface area contributed by atoms with Crippen LogP contribution < -0.4 is 9.47 Å². The first kappa shape index (κ1) is 15.8. The molecule has 2 aliphatic rings. The highest BCUT2D eigenvalue weighted by molar-refractivity contribution is 6.14. The van der Waals surface area contributed by atoms with E-state index in [1.54, 1.807) is 25.4 Å². The predicted octanol–water partition coefficient (Wildman–Crippen LogP) is 2.50. The molecule has 2 aromatic rings. The van der Waals surface area contributed by atoms with Gasteiger partial charge in [0.15, 0.2) is 5.76 Å². The second kappa shape index (κ2) is 6.66. The lowest BCUT2D eigenvalue weighted by Crippen LogP contribution is -2.34. The van der Waals surface area contributed by atoms with Crippen LogP contribution in [-0.2, 0) is 11.3 Å². The van der Waals surface area contributed by atoms with E-state index in [-0.39, 0.29) is 11.5 Å². The molecule has 0 saturated heterocycles. The normalized spacial score (nSPS) is 17.8. The molecule has 3 heterocycles. The van der Waals surface area contributed by atoms with Gasteiger partial charge in [0, 0.05) is 32.5 Å². The first-order valence-corrected chi connectivity index (χ1v) is 8.11. The number of pyridine rings is 1. The number of nitrogens with zero attached hydrogens (tertiary/aromatic N) is 2. The first-order valence-electron chi connectivity index (χ1n) is 8.11. The molecule has 1 aromatic carbocycles. The number of carbonyl (C=O) groups excluding carboxylic acids is 1. The Balaban J connectivity index is 1.64. The Bertz CT molecular complexity index is 833. The van der Waals surface area contributed by atoms with Crippen molar-refractivity contribution in [2.45, 2.75) is 6.54 Å². The maximum Gasteiger partial charge on any atom is 0.232 e. The number of fused-ring (bicyclic) bond motifs is 3. The number of allylic oxidation sites excluding steroid dienone is 1. The van der Waals surface area contributed by atoms with E-state index in [1.165, 1.54) is 0 Å². The van der Waals surface area contributed by atoms with Gasteiger partial charge in [-0.05, 0) is 24.3 Å². The molecule has 0 amide bonds. The molecule has 6 nitrogen and oxygen atoms in total. The number of ether oxygens (including phenoxy) is 3. The van der Waals surface area contributed by atoms with Crippen molar-refractivity contribution in [3.63, 3.8) is 0 Å². The standard InChI is InChI=1S/C19H18N2O4/c1-23-9-8-21-11-15-16(24-12-21)6-5-14-18(22)17(25-19(14)15)10-13-4-2-3-7-20-13/h2-7,10H,8-9,11-12H2,1H3/b17-10-. The summed E-state index contributed by atoms with van der Waals surface area (Å²) < 4.78 is 16.8. The van der Waals surface area contributed by atoms with Crippen LogP contribution >= 0.6 is 0 Å². The van der Waals surface area contributed by atoms with Gasteiger partial charge in [-0.1, -0.05) is 6.07 Å². The average Bonchev–Trinajstić information content (AvgIpc) is 2.97. The highest BCUT2D eigenvalue weighted by atomic mass is 16.5. The zero-order valence-corrected chi connectivity index (χ0v) is 13.9. The molecule has 0 aliphatic carbocycles. The zero-order chi connectivity index (χ0) is 17.2. The summed E-state index contributed by atoms with van der Waals surface area (Å²) >= 11 is 0. The second-order valence-corrected chi connectivity index (χ2v) is 5.93. The number of rotatable bonds is 4. The van der Waals surface area contributed by atoms with Gasteiger partial charge in [0.2, 0.25) is 5.78 Å². The molecule has 0 radical (unpaired) electrons. The van der Waals surface area contributed by atoms with Crippen LogP contribution in [0.25, 0.3) is 6.08 Å². The van der Waals surface area contributed by atoms with Crippen LogP contribution in [0.3, 0.4) is 0 Å². The fourth-order valence-electron chi connectivity index (χ4n) is 2.96. The second-order valence-electron chi connectivity index (χ2n) is 5.93. The van der Waals surface area contributed by atoms with Gasteiger partial charge in [-0.3, -0.25) is 14.7 Å². The minimum absolute atomic E-state index is 0.127. The van der Waals surface area contributed by atoms with E-state index in [0.717, 1.165) is 17.9 Å². The summed E-state index contributed by atoms with van der Waals surface area (Å²) in [5.41, 5.74) is 2.15. The van der Waals surface area contributed by atoms with E-state index in [9.17, 15) is 4.79 Å². The third-order valence-electron chi connectivity index (χ3n) is 4.26. The quantitative estimate of drug-likeness (QED) is 0.798. The SMILES string of the molecule is COCCN1COc2ccc3c(c2C1)O/C(=C\c1ccccn1)C3=O. The molecular formula is C19H18N2O4. The Morgan fingerprint density at radius 1 is 1.32 bits per heavy atom. The van der Waals surface area contributed by atoms with Gasteiger partial charge in [0.05, 0.1) is 23.4 Å². The lowest BCUT2D eigenvalue weighted by Gasteiger charge is -2.29. The molecule has 128 valence electrons. The predicted molar refractivity (Wildman–Crippen MR) is 91.4 cm³/mol. The van der Waals surface area contributed by atoms with Crippen LogP contribution in [0.5, 0.6) is 11.5 Å². The molecule has 0 spiro atoms. The summed E-state index contributed by atoms with van der Waals surface area (Å²) in [7, 11) is 1.67. The topological polar surface area (TPSA) is 60.9 Å². The van der Waals surface area contributed by atoms with Crippen molar-refractivity contribution in [3.8, 4) is 11.5 Å². The number of benzene rings is 1. The van der Waals surface area contributed by atoms with E-state index in [4.69, 9.17) is 14.2 Å². The molecule has 0 unspecified atom stereocenters. The van der Waals surface area contributed by atoms with Crippen LogP contribution in [-0.4, -0.2) is 42.7 Å².